The SMILES string of the molecule is C#CCC(N)C(=O)NCCC(=O)NCCOC. The largest absolute Gasteiger partial charge is 0.383 e. The number of carbonyl (C=O) groups excluding carboxylic acids is 2. The molecule has 96 valence electrons. The monoisotopic (exact) mass is 241 g/mol. The Morgan fingerprint density at radius 1 is 1.41 bits per heavy atom. The van der Waals surface area contributed by atoms with Crippen LogP contribution in [-0.4, -0.2) is 44.7 Å². The maximum atomic E-state index is 11.3. The summed E-state index contributed by atoms with van der Waals surface area (Å²) in [5.41, 5.74) is 5.47. The Morgan fingerprint density at radius 3 is 2.71 bits per heavy atom. The van der Waals surface area contributed by atoms with Crippen molar-refractivity contribution in [2.24, 2.45) is 5.73 Å². The van der Waals surface area contributed by atoms with Crippen molar-refractivity contribution in [2.45, 2.75) is 18.9 Å². The molecule has 0 aromatic carbocycles. The fraction of sp³-hybridized carbons (Fsp3) is 0.636. The number of hydrogen-bond acceptors (Lipinski definition) is 4. The Bertz CT molecular complexity index is 286. The summed E-state index contributed by atoms with van der Waals surface area (Å²) in [4.78, 5) is 22.5. The first kappa shape index (κ1) is 15.4. The van der Waals surface area contributed by atoms with E-state index in [0.29, 0.717) is 13.2 Å². The Kier molecular flexibility index (Phi) is 8.74. The fourth-order valence-corrected chi connectivity index (χ4v) is 1.03. The molecule has 0 spiro atoms. The standard InChI is InChI=1S/C11H19N3O3/c1-3-4-9(12)11(16)14-6-5-10(15)13-7-8-17-2/h1,9H,4-8,12H2,2H3,(H,13,15)(H,14,16). The average Bonchev–Trinajstić information content (AvgIpc) is 2.29. The van der Waals surface area contributed by atoms with Crippen molar-refractivity contribution >= 4 is 11.8 Å². The highest BCUT2D eigenvalue weighted by molar-refractivity contribution is 5.82. The smallest absolute Gasteiger partial charge is 0.237 e. The quantitative estimate of drug-likeness (QED) is 0.360. The van der Waals surface area contributed by atoms with Gasteiger partial charge in [-0.1, -0.05) is 0 Å². The Labute approximate surface area is 101 Å². The molecule has 0 rings (SSSR count). The summed E-state index contributed by atoms with van der Waals surface area (Å²) >= 11 is 0. The molecule has 0 aromatic rings. The molecule has 17 heavy (non-hydrogen) atoms. The highest BCUT2D eigenvalue weighted by Gasteiger charge is 2.11. The van der Waals surface area contributed by atoms with Crippen molar-refractivity contribution in [1.29, 1.82) is 0 Å². The van der Waals surface area contributed by atoms with E-state index in [1.807, 2.05) is 0 Å². The average molecular weight is 241 g/mol. The molecule has 0 fully saturated rings. The lowest BCUT2D eigenvalue weighted by molar-refractivity contribution is -0.123. The second-order valence-corrected chi connectivity index (χ2v) is 3.40. The van der Waals surface area contributed by atoms with E-state index in [9.17, 15) is 9.59 Å². The number of hydrogen-bond donors (Lipinski definition) is 3. The highest BCUT2D eigenvalue weighted by atomic mass is 16.5. The first-order valence-electron chi connectivity index (χ1n) is 5.34. The van der Waals surface area contributed by atoms with Crippen molar-refractivity contribution < 1.29 is 14.3 Å². The van der Waals surface area contributed by atoms with Gasteiger partial charge >= 0.3 is 0 Å². The van der Waals surface area contributed by atoms with Crippen LogP contribution < -0.4 is 16.4 Å². The van der Waals surface area contributed by atoms with E-state index in [1.165, 1.54) is 0 Å². The molecule has 4 N–H and O–H groups in total. The van der Waals surface area contributed by atoms with Crippen molar-refractivity contribution in [1.82, 2.24) is 10.6 Å². The van der Waals surface area contributed by atoms with Gasteiger partial charge in [-0.3, -0.25) is 9.59 Å². The van der Waals surface area contributed by atoms with E-state index >= 15 is 0 Å². The van der Waals surface area contributed by atoms with Crippen molar-refractivity contribution in [3.8, 4) is 12.3 Å². The predicted octanol–water partition coefficient (Wildman–Crippen LogP) is -1.39. The number of terminal acetylenes is 1. The zero-order chi connectivity index (χ0) is 13.1. The molecular formula is C11H19N3O3. The van der Waals surface area contributed by atoms with Gasteiger partial charge in [0.15, 0.2) is 0 Å². The summed E-state index contributed by atoms with van der Waals surface area (Å²) in [5.74, 6) is 1.82. The number of nitrogens with two attached hydrogens (primary N) is 1. The van der Waals surface area contributed by atoms with E-state index in [-0.39, 0.29) is 31.2 Å². The molecule has 2 amide bonds. The van der Waals surface area contributed by atoms with Gasteiger partial charge in [0.2, 0.25) is 11.8 Å². The molecule has 0 aromatic heterocycles. The van der Waals surface area contributed by atoms with Gasteiger partial charge in [0, 0.05) is 33.0 Å². The van der Waals surface area contributed by atoms with Crippen LogP contribution in [-0.2, 0) is 14.3 Å². The molecule has 0 bridgehead atoms. The molecule has 6 heteroatoms. The summed E-state index contributed by atoms with van der Waals surface area (Å²) in [5, 5.41) is 5.17. The summed E-state index contributed by atoms with van der Waals surface area (Å²) in [6.45, 7) is 1.17. The van der Waals surface area contributed by atoms with Crippen LogP contribution in [0.25, 0.3) is 0 Å². The number of amides is 2. The van der Waals surface area contributed by atoms with Crippen LogP contribution in [0.5, 0.6) is 0 Å². The van der Waals surface area contributed by atoms with Gasteiger partial charge in [-0.15, -0.1) is 12.3 Å². The normalized spacial score (nSPS) is 11.4. The van der Waals surface area contributed by atoms with Crippen LogP contribution in [0.3, 0.4) is 0 Å². The molecule has 0 saturated heterocycles. The van der Waals surface area contributed by atoms with Crippen LogP contribution in [0.1, 0.15) is 12.8 Å². The van der Waals surface area contributed by atoms with Crippen LogP contribution in [0.2, 0.25) is 0 Å². The molecule has 6 nitrogen and oxygen atoms in total. The van der Waals surface area contributed by atoms with Gasteiger partial charge in [0.1, 0.15) is 0 Å². The molecule has 0 aliphatic carbocycles. The van der Waals surface area contributed by atoms with Gasteiger partial charge in [0.05, 0.1) is 12.6 Å². The van der Waals surface area contributed by atoms with Gasteiger partial charge in [0.25, 0.3) is 0 Å². The minimum absolute atomic E-state index is 0.145. The summed E-state index contributed by atoms with van der Waals surface area (Å²) in [6.07, 6.45) is 5.42. The Hall–Kier alpha value is -1.58. The van der Waals surface area contributed by atoms with Crippen LogP contribution in [0.15, 0.2) is 0 Å². The van der Waals surface area contributed by atoms with E-state index in [1.54, 1.807) is 7.11 Å². The third kappa shape index (κ3) is 8.25. The van der Waals surface area contributed by atoms with E-state index in [4.69, 9.17) is 16.9 Å². The van der Waals surface area contributed by atoms with E-state index in [0.717, 1.165) is 0 Å². The number of methoxy groups -OCH3 is 1. The maximum Gasteiger partial charge on any atom is 0.237 e. The zero-order valence-electron chi connectivity index (χ0n) is 9.99. The second-order valence-electron chi connectivity index (χ2n) is 3.40. The van der Waals surface area contributed by atoms with Gasteiger partial charge in [-0.05, 0) is 0 Å². The predicted molar refractivity (Wildman–Crippen MR) is 63.9 cm³/mol. The fourth-order valence-electron chi connectivity index (χ4n) is 1.03. The molecule has 0 aliphatic rings. The molecule has 1 atom stereocenters. The van der Waals surface area contributed by atoms with E-state index < -0.39 is 6.04 Å². The van der Waals surface area contributed by atoms with Crippen molar-refractivity contribution in [3.63, 3.8) is 0 Å². The molecule has 0 radical (unpaired) electrons. The van der Waals surface area contributed by atoms with E-state index in [2.05, 4.69) is 16.6 Å². The van der Waals surface area contributed by atoms with Crippen molar-refractivity contribution in [2.75, 3.05) is 26.8 Å². The van der Waals surface area contributed by atoms with Gasteiger partial charge < -0.3 is 21.1 Å². The Morgan fingerprint density at radius 2 is 2.12 bits per heavy atom. The third-order valence-electron chi connectivity index (χ3n) is 1.95. The molecule has 0 aliphatic heterocycles. The zero-order valence-corrected chi connectivity index (χ0v) is 9.99. The number of ether oxygens (including phenoxy) is 1. The van der Waals surface area contributed by atoms with Crippen LogP contribution >= 0.6 is 0 Å². The first-order chi connectivity index (χ1) is 8.11. The topological polar surface area (TPSA) is 93.5 Å². The maximum absolute atomic E-state index is 11.3. The number of nitrogens with one attached hydrogen (secondary N) is 2. The van der Waals surface area contributed by atoms with Crippen molar-refractivity contribution in [3.05, 3.63) is 0 Å². The first-order valence-corrected chi connectivity index (χ1v) is 5.34. The lowest BCUT2D eigenvalue weighted by Crippen LogP contribution is -2.41. The van der Waals surface area contributed by atoms with Crippen LogP contribution in [0, 0.1) is 12.3 Å². The third-order valence-corrected chi connectivity index (χ3v) is 1.95. The highest BCUT2D eigenvalue weighted by Crippen LogP contribution is 1.86. The van der Waals surface area contributed by atoms with Gasteiger partial charge in [-0.2, -0.15) is 0 Å². The number of carbonyl (C=O) groups is 2. The summed E-state index contributed by atoms with van der Waals surface area (Å²) < 4.78 is 4.77. The lowest BCUT2D eigenvalue weighted by atomic mass is 10.2. The second kappa shape index (κ2) is 9.63. The summed E-state index contributed by atoms with van der Waals surface area (Å²) in [6, 6.07) is -0.712. The van der Waals surface area contributed by atoms with Gasteiger partial charge in [-0.25, -0.2) is 0 Å². The molecular weight excluding hydrogens is 222 g/mol. The minimum atomic E-state index is -0.712. The number of rotatable bonds is 8. The lowest BCUT2D eigenvalue weighted by Gasteiger charge is -2.09. The summed E-state index contributed by atoms with van der Waals surface area (Å²) in [7, 11) is 1.55. The molecule has 0 heterocycles. The minimum Gasteiger partial charge on any atom is -0.383 e. The van der Waals surface area contributed by atoms with Crippen LogP contribution in [0.4, 0.5) is 0 Å². The molecule has 1 unspecified atom stereocenters. The Balaban J connectivity index is 3.59. The molecule has 0 saturated carbocycles.